The number of aliphatic carboxylic acids is 1. The molecule has 0 spiro atoms. The van der Waals surface area contributed by atoms with Crippen LogP contribution < -0.4 is 0 Å². The molecular formula is C16H15NO4. The van der Waals surface area contributed by atoms with Crippen molar-refractivity contribution in [3.63, 3.8) is 0 Å². The van der Waals surface area contributed by atoms with Crippen molar-refractivity contribution in [2.75, 3.05) is 6.54 Å². The Hall–Kier alpha value is -2.56. The summed E-state index contributed by atoms with van der Waals surface area (Å²) in [5.74, 6) is -0.658. The Morgan fingerprint density at radius 1 is 1.33 bits per heavy atom. The maximum absolute atomic E-state index is 12.1. The third-order valence-electron chi connectivity index (χ3n) is 3.66. The number of amides is 1. The number of furan rings is 1. The van der Waals surface area contributed by atoms with Crippen LogP contribution in [0.4, 0.5) is 0 Å². The van der Waals surface area contributed by atoms with Gasteiger partial charge in [0.15, 0.2) is 0 Å². The maximum Gasteiger partial charge on any atom is 0.326 e. The van der Waals surface area contributed by atoms with Gasteiger partial charge in [-0.05, 0) is 31.1 Å². The summed E-state index contributed by atoms with van der Waals surface area (Å²) in [6.45, 7) is 0.486. The van der Waals surface area contributed by atoms with E-state index in [0.717, 1.165) is 17.4 Å². The smallest absolute Gasteiger partial charge is 0.326 e. The third-order valence-corrected chi connectivity index (χ3v) is 3.66. The zero-order valence-electron chi connectivity index (χ0n) is 11.4. The van der Waals surface area contributed by atoms with Gasteiger partial charge in [-0.15, -0.1) is 0 Å². The largest absolute Gasteiger partial charge is 0.480 e. The number of carboxylic acids is 1. The van der Waals surface area contributed by atoms with Gasteiger partial charge in [0.2, 0.25) is 5.91 Å². The highest BCUT2D eigenvalue weighted by Crippen LogP contribution is 2.21. The van der Waals surface area contributed by atoms with Crippen LogP contribution in [-0.2, 0) is 9.59 Å². The van der Waals surface area contributed by atoms with Crippen molar-refractivity contribution < 1.29 is 19.1 Å². The molecule has 1 saturated heterocycles. The van der Waals surface area contributed by atoms with E-state index in [0.29, 0.717) is 18.7 Å². The Morgan fingerprint density at radius 2 is 2.14 bits per heavy atom. The van der Waals surface area contributed by atoms with Gasteiger partial charge >= 0.3 is 5.97 Å². The lowest BCUT2D eigenvalue weighted by molar-refractivity contribution is -0.146. The van der Waals surface area contributed by atoms with Crippen LogP contribution in [0.3, 0.4) is 0 Å². The predicted octanol–water partition coefficient (Wildman–Crippen LogP) is 2.52. The number of carbonyl (C=O) groups excluding carboxylic acids is 1. The minimum Gasteiger partial charge on any atom is -0.480 e. The fourth-order valence-corrected chi connectivity index (χ4v) is 2.62. The number of benzene rings is 1. The molecule has 1 aliphatic heterocycles. The number of likely N-dealkylation sites (tertiary alicyclic amines) is 1. The van der Waals surface area contributed by atoms with Gasteiger partial charge in [-0.2, -0.15) is 0 Å². The van der Waals surface area contributed by atoms with E-state index in [2.05, 4.69) is 0 Å². The molecule has 0 saturated carbocycles. The van der Waals surface area contributed by atoms with Gasteiger partial charge in [-0.25, -0.2) is 4.79 Å². The molecule has 108 valence electrons. The number of para-hydroxylation sites is 1. The summed E-state index contributed by atoms with van der Waals surface area (Å²) in [5.41, 5.74) is 0.759. The zero-order valence-corrected chi connectivity index (χ0v) is 11.4. The second kappa shape index (κ2) is 5.44. The summed E-state index contributed by atoms with van der Waals surface area (Å²) in [5, 5.41) is 10.0. The summed E-state index contributed by atoms with van der Waals surface area (Å²) >= 11 is 0. The summed E-state index contributed by atoms with van der Waals surface area (Å²) in [4.78, 5) is 24.5. The SMILES string of the molecule is O=C(O)C1CCCN1C(=O)C=Cc1cc2ccccc2o1. The molecule has 0 bridgehead atoms. The van der Waals surface area contributed by atoms with Crippen LogP contribution in [0.5, 0.6) is 0 Å². The summed E-state index contributed by atoms with van der Waals surface area (Å²) in [6.07, 6.45) is 4.19. The van der Waals surface area contributed by atoms with Crippen molar-refractivity contribution >= 4 is 28.9 Å². The molecular weight excluding hydrogens is 270 g/mol. The van der Waals surface area contributed by atoms with Crippen LogP contribution >= 0.6 is 0 Å². The zero-order chi connectivity index (χ0) is 14.8. The molecule has 21 heavy (non-hydrogen) atoms. The van der Waals surface area contributed by atoms with Crippen LogP contribution in [0.25, 0.3) is 17.0 Å². The van der Waals surface area contributed by atoms with Crippen LogP contribution in [0.2, 0.25) is 0 Å². The molecule has 5 nitrogen and oxygen atoms in total. The van der Waals surface area contributed by atoms with E-state index in [1.54, 1.807) is 6.08 Å². The van der Waals surface area contributed by atoms with Crippen molar-refractivity contribution in [2.24, 2.45) is 0 Å². The fraction of sp³-hybridized carbons (Fsp3) is 0.250. The first-order chi connectivity index (χ1) is 10.1. The quantitative estimate of drug-likeness (QED) is 0.880. The first kappa shape index (κ1) is 13.4. The molecule has 1 aliphatic rings. The monoisotopic (exact) mass is 285 g/mol. The highest BCUT2D eigenvalue weighted by Gasteiger charge is 2.32. The number of hydrogen-bond acceptors (Lipinski definition) is 3. The van der Waals surface area contributed by atoms with E-state index in [9.17, 15) is 9.59 Å². The van der Waals surface area contributed by atoms with Crippen LogP contribution in [0, 0.1) is 0 Å². The Kier molecular flexibility index (Phi) is 3.48. The Bertz CT molecular complexity index is 683. The average Bonchev–Trinajstić information content (AvgIpc) is 3.10. The number of carboxylic acid groups (broad SMARTS) is 1. The van der Waals surface area contributed by atoms with Gasteiger partial charge in [-0.3, -0.25) is 4.79 Å². The lowest BCUT2D eigenvalue weighted by Gasteiger charge is -2.19. The van der Waals surface area contributed by atoms with E-state index in [-0.39, 0.29) is 5.91 Å². The molecule has 1 aromatic carbocycles. The Labute approximate surface area is 121 Å². The normalized spacial score (nSPS) is 18.7. The molecule has 1 unspecified atom stereocenters. The van der Waals surface area contributed by atoms with E-state index in [1.807, 2.05) is 30.3 Å². The van der Waals surface area contributed by atoms with Crippen molar-refractivity contribution in [2.45, 2.75) is 18.9 Å². The number of carbonyl (C=O) groups is 2. The number of hydrogen-bond donors (Lipinski definition) is 1. The highest BCUT2D eigenvalue weighted by atomic mass is 16.4. The van der Waals surface area contributed by atoms with E-state index in [4.69, 9.17) is 9.52 Å². The van der Waals surface area contributed by atoms with Gasteiger partial charge in [0.25, 0.3) is 0 Å². The van der Waals surface area contributed by atoms with E-state index >= 15 is 0 Å². The first-order valence-electron chi connectivity index (χ1n) is 6.85. The maximum atomic E-state index is 12.1. The van der Waals surface area contributed by atoms with Crippen molar-refractivity contribution in [3.05, 3.63) is 42.2 Å². The summed E-state index contributed by atoms with van der Waals surface area (Å²) in [7, 11) is 0. The van der Waals surface area contributed by atoms with Crippen molar-refractivity contribution in [1.29, 1.82) is 0 Å². The standard InChI is InChI=1S/C16H15NO4/c18-15(17-9-3-5-13(17)16(19)20)8-7-12-10-11-4-1-2-6-14(11)21-12/h1-2,4,6-8,10,13H,3,5,9H2,(H,19,20). The second-order valence-corrected chi connectivity index (χ2v) is 5.05. The van der Waals surface area contributed by atoms with E-state index < -0.39 is 12.0 Å². The van der Waals surface area contributed by atoms with Gasteiger partial charge in [-0.1, -0.05) is 18.2 Å². The molecule has 2 heterocycles. The Morgan fingerprint density at radius 3 is 2.90 bits per heavy atom. The average molecular weight is 285 g/mol. The van der Waals surface area contributed by atoms with Gasteiger partial charge in [0.05, 0.1) is 0 Å². The lowest BCUT2D eigenvalue weighted by Crippen LogP contribution is -2.39. The molecule has 5 heteroatoms. The van der Waals surface area contributed by atoms with E-state index in [1.165, 1.54) is 11.0 Å². The van der Waals surface area contributed by atoms with Crippen LogP contribution in [-0.4, -0.2) is 34.5 Å². The fourth-order valence-electron chi connectivity index (χ4n) is 2.62. The number of fused-ring (bicyclic) bond motifs is 1. The first-order valence-corrected chi connectivity index (χ1v) is 6.85. The highest BCUT2D eigenvalue weighted by molar-refractivity contribution is 5.95. The van der Waals surface area contributed by atoms with Crippen LogP contribution in [0.1, 0.15) is 18.6 Å². The lowest BCUT2D eigenvalue weighted by atomic mass is 10.2. The molecule has 3 rings (SSSR count). The predicted molar refractivity (Wildman–Crippen MR) is 77.6 cm³/mol. The van der Waals surface area contributed by atoms with Crippen LogP contribution in [0.15, 0.2) is 40.8 Å². The Balaban J connectivity index is 1.76. The topological polar surface area (TPSA) is 70.8 Å². The third kappa shape index (κ3) is 2.67. The molecule has 1 fully saturated rings. The number of rotatable bonds is 3. The molecule has 0 radical (unpaired) electrons. The molecule has 2 aromatic rings. The molecule has 1 amide bonds. The summed E-state index contributed by atoms with van der Waals surface area (Å²) < 4.78 is 5.58. The second-order valence-electron chi connectivity index (χ2n) is 5.05. The van der Waals surface area contributed by atoms with Gasteiger partial charge in [0, 0.05) is 18.0 Å². The minimum atomic E-state index is -0.946. The van der Waals surface area contributed by atoms with Crippen molar-refractivity contribution in [1.82, 2.24) is 4.90 Å². The molecule has 0 aliphatic carbocycles. The van der Waals surface area contributed by atoms with Crippen molar-refractivity contribution in [3.8, 4) is 0 Å². The summed E-state index contributed by atoms with van der Waals surface area (Å²) in [6, 6.07) is 8.72. The van der Waals surface area contributed by atoms with Gasteiger partial charge < -0.3 is 14.4 Å². The molecule has 1 aromatic heterocycles. The molecule has 1 N–H and O–H groups in total. The van der Waals surface area contributed by atoms with Gasteiger partial charge in [0.1, 0.15) is 17.4 Å². The molecule has 1 atom stereocenters. The number of nitrogens with zero attached hydrogens (tertiary/aromatic N) is 1. The minimum absolute atomic E-state index is 0.291.